The minimum atomic E-state index is -3.54. The van der Waals surface area contributed by atoms with Crippen LogP contribution in [0.15, 0.2) is 59.5 Å². The Kier molecular flexibility index (Phi) is 8.90. The number of amides is 1. The van der Waals surface area contributed by atoms with Crippen LogP contribution in [0.4, 0.5) is 0 Å². The Hall–Kier alpha value is -2.58. The van der Waals surface area contributed by atoms with E-state index in [-0.39, 0.29) is 11.3 Å². The first kappa shape index (κ1) is 26.5. The minimum absolute atomic E-state index is 0.0382. The molecule has 0 unspecified atom stereocenters. The summed E-state index contributed by atoms with van der Waals surface area (Å²) in [5.74, 6) is 1.68. The molecule has 8 heteroatoms. The van der Waals surface area contributed by atoms with Crippen LogP contribution in [-0.2, 0) is 14.8 Å². The second-order valence-corrected chi connectivity index (χ2v) is 11.8. The lowest BCUT2D eigenvalue weighted by molar-refractivity contribution is -0.133. The van der Waals surface area contributed by atoms with Crippen LogP contribution in [0.5, 0.6) is 11.5 Å². The van der Waals surface area contributed by atoms with Crippen molar-refractivity contribution >= 4 is 15.9 Å². The van der Waals surface area contributed by atoms with Crippen LogP contribution in [0.1, 0.15) is 51.9 Å². The van der Waals surface area contributed by atoms with Gasteiger partial charge in [0.2, 0.25) is 15.9 Å². The van der Waals surface area contributed by atoms with Gasteiger partial charge in [-0.3, -0.25) is 4.79 Å². The topological polar surface area (TPSA) is 76.2 Å². The highest BCUT2D eigenvalue weighted by Crippen LogP contribution is 2.42. The van der Waals surface area contributed by atoms with E-state index in [1.54, 1.807) is 28.6 Å². The zero-order valence-electron chi connectivity index (χ0n) is 21.2. The number of piperidine rings is 1. The fraction of sp³-hybridized carbons (Fsp3) is 0.536. The second-order valence-electron chi connectivity index (χ2n) is 9.91. The van der Waals surface area contributed by atoms with Gasteiger partial charge in [0.1, 0.15) is 11.5 Å². The van der Waals surface area contributed by atoms with Crippen LogP contribution in [0.3, 0.4) is 0 Å². The molecule has 2 heterocycles. The van der Waals surface area contributed by atoms with E-state index in [9.17, 15) is 13.2 Å². The Labute approximate surface area is 215 Å². The molecule has 0 aliphatic carbocycles. The molecule has 7 nitrogen and oxygen atoms in total. The number of carbonyl (C=O) groups is 1. The van der Waals surface area contributed by atoms with Gasteiger partial charge in [-0.15, -0.1) is 0 Å². The van der Waals surface area contributed by atoms with E-state index in [1.165, 1.54) is 0 Å². The van der Waals surface area contributed by atoms with Crippen molar-refractivity contribution in [2.24, 2.45) is 5.41 Å². The molecule has 0 aromatic heterocycles. The van der Waals surface area contributed by atoms with Gasteiger partial charge in [-0.05, 0) is 73.9 Å². The molecular weight excluding hydrogens is 476 g/mol. The molecule has 2 aliphatic rings. The summed E-state index contributed by atoms with van der Waals surface area (Å²) >= 11 is 0. The lowest BCUT2D eigenvalue weighted by Crippen LogP contribution is -2.44. The molecule has 2 aromatic carbocycles. The predicted molar refractivity (Wildman–Crippen MR) is 140 cm³/mol. The number of hydrogen-bond donors (Lipinski definition) is 0. The van der Waals surface area contributed by atoms with Gasteiger partial charge >= 0.3 is 0 Å². The third-order valence-corrected chi connectivity index (χ3v) is 9.21. The van der Waals surface area contributed by atoms with Crippen molar-refractivity contribution in [2.45, 2.75) is 56.8 Å². The minimum Gasteiger partial charge on any atom is -0.494 e. The van der Waals surface area contributed by atoms with E-state index in [2.05, 4.69) is 6.92 Å². The summed E-state index contributed by atoms with van der Waals surface area (Å²) < 4.78 is 39.5. The van der Waals surface area contributed by atoms with Gasteiger partial charge in [-0.1, -0.05) is 31.5 Å². The van der Waals surface area contributed by atoms with Crippen LogP contribution < -0.4 is 9.47 Å². The number of hydrogen-bond acceptors (Lipinski definition) is 5. The molecule has 2 fully saturated rings. The largest absolute Gasteiger partial charge is 0.494 e. The Morgan fingerprint density at radius 2 is 1.47 bits per heavy atom. The lowest BCUT2D eigenvalue weighted by Gasteiger charge is -2.39. The molecule has 1 spiro atoms. The summed E-state index contributed by atoms with van der Waals surface area (Å²) in [6, 6.07) is 16.4. The van der Waals surface area contributed by atoms with Gasteiger partial charge in [-0.2, -0.15) is 4.31 Å². The molecule has 2 aromatic rings. The maximum atomic E-state index is 13.3. The average Bonchev–Trinajstić information content (AvgIpc) is 3.32. The van der Waals surface area contributed by atoms with E-state index >= 15 is 0 Å². The van der Waals surface area contributed by atoms with Gasteiger partial charge in [0.25, 0.3) is 0 Å². The molecule has 36 heavy (non-hydrogen) atoms. The van der Waals surface area contributed by atoms with Gasteiger partial charge < -0.3 is 14.4 Å². The zero-order chi connectivity index (χ0) is 25.4. The number of sulfonamides is 1. The quantitative estimate of drug-likeness (QED) is 0.405. The van der Waals surface area contributed by atoms with Crippen molar-refractivity contribution in [2.75, 3.05) is 39.4 Å². The highest BCUT2D eigenvalue weighted by atomic mass is 32.2. The molecule has 0 bridgehead atoms. The highest BCUT2D eigenvalue weighted by molar-refractivity contribution is 7.89. The number of rotatable bonds is 11. The van der Waals surface area contributed by atoms with Crippen molar-refractivity contribution in [1.82, 2.24) is 9.21 Å². The van der Waals surface area contributed by atoms with Crippen LogP contribution in [0.25, 0.3) is 0 Å². The maximum absolute atomic E-state index is 13.3. The SMILES string of the molecule is CCCCOc1ccc(S(=O)(=O)N2CCC3(CCN(C(=O)CCCOc4ccccc4)CC3)C2)cc1. The second kappa shape index (κ2) is 12.1. The highest BCUT2D eigenvalue weighted by Gasteiger charge is 2.45. The van der Waals surface area contributed by atoms with Crippen LogP contribution in [-0.4, -0.2) is 62.9 Å². The molecule has 0 atom stereocenters. The van der Waals surface area contributed by atoms with E-state index in [0.717, 1.165) is 37.9 Å². The Bertz CT molecular complexity index is 1080. The fourth-order valence-corrected chi connectivity index (χ4v) is 6.57. The molecule has 1 amide bonds. The van der Waals surface area contributed by atoms with Gasteiger partial charge in [0.15, 0.2) is 0 Å². The summed E-state index contributed by atoms with van der Waals surface area (Å²) in [6.45, 7) is 5.70. The van der Waals surface area contributed by atoms with Crippen molar-refractivity contribution in [3.05, 3.63) is 54.6 Å². The summed E-state index contributed by atoms with van der Waals surface area (Å²) in [7, 11) is -3.54. The van der Waals surface area contributed by atoms with Gasteiger partial charge in [0, 0.05) is 32.6 Å². The number of para-hydroxylation sites is 1. The summed E-state index contributed by atoms with van der Waals surface area (Å²) in [5.41, 5.74) is -0.0382. The monoisotopic (exact) mass is 514 g/mol. The molecule has 0 saturated carbocycles. The summed E-state index contributed by atoms with van der Waals surface area (Å²) in [6.07, 6.45) is 5.71. The summed E-state index contributed by atoms with van der Waals surface area (Å²) in [4.78, 5) is 14.9. The Balaban J connectivity index is 1.23. The number of benzene rings is 2. The molecule has 2 saturated heterocycles. The van der Waals surface area contributed by atoms with Crippen LogP contribution >= 0.6 is 0 Å². The lowest BCUT2D eigenvalue weighted by atomic mass is 9.78. The summed E-state index contributed by atoms with van der Waals surface area (Å²) in [5, 5.41) is 0. The standard InChI is InChI=1S/C28H38N2O5S/c1-2-3-21-34-25-11-13-26(14-12-25)36(32,33)30-20-17-28(23-30)15-18-29(19-16-28)27(31)10-7-22-35-24-8-5-4-6-9-24/h4-6,8-9,11-14H,2-3,7,10,15-23H2,1H3. The van der Waals surface area contributed by atoms with E-state index in [1.807, 2.05) is 35.2 Å². The maximum Gasteiger partial charge on any atom is 0.243 e. The zero-order valence-corrected chi connectivity index (χ0v) is 22.0. The van der Waals surface area contributed by atoms with Crippen molar-refractivity contribution in [3.8, 4) is 11.5 Å². The van der Waals surface area contributed by atoms with E-state index in [4.69, 9.17) is 9.47 Å². The number of unbranched alkanes of at least 4 members (excludes halogenated alkanes) is 1. The number of nitrogens with zero attached hydrogens (tertiary/aromatic N) is 2. The van der Waals surface area contributed by atoms with Crippen molar-refractivity contribution in [3.63, 3.8) is 0 Å². The predicted octanol–water partition coefficient (Wildman–Crippen LogP) is 4.73. The average molecular weight is 515 g/mol. The Morgan fingerprint density at radius 1 is 0.861 bits per heavy atom. The van der Waals surface area contributed by atoms with Crippen LogP contribution in [0.2, 0.25) is 0 Å². The first-order chi connectivity index (χ1) is 17.4. The molecule has 0 radical (unpaired) electrons. The molecular formula is C28H38N2O5S. The number of carbonyl (C=O) groups excluding carboxylic acids is 1. The molecule has 196 valence electrons. The van der Waals surface area contributed by atoms with Gasteiger partial charge in [0.05, 0.1) is 18.1 Å². The molecule has 4 rings (SSSR count). The first-order valence-electron chi connectivity index (χ1n) is 13.1. The van der Waals surface area contributed by atoms with E-state index < -0.39 is 10.0 Å². The number of ether oxygens (including phenoxy) is 2. The third-order valence-electron chi connectivity index (χ3n) is 7.36. The third kappa shape index (κ3) is 6.59. The van der Waals surface area contributed by atoms with Crippen molar-refractivity contribution in [1.29, 1.82) is 0 Å². The number of likely N-dealkylation sites (tertiary alicyclic amines) is 1. The normalized spacial score (nSPS) is 17.9. The molecule has 0 N–H and O–H groups in total. The smallest absolute Gasteiger partial charge is 0.243 e. The fourth-order valence-electron chi connectivity index (χ4n) is 5.02. The first-order valence-corrected chi connectivity index (χ1v) is 14.5. The van der Waals surface area contributed by atoms with Gasteiger partial charge in [-0.25, -0.2) is 8.42 Å². The van der Waals surface area contributed by atoms with Crippen LogP contribution in [0, 0.1) is 5.41 Å². The van der Waals surface area contributed by atoms with Crippen molar-refractivity contribution < 1.29 is 22.7 Å². The van der Waals surface area contributed by atoms with E-state index in [0.29, 0.717) is 62.9 Å². The molecule has 2 aliphatic heterocycles. The Morgan fingerprint density at radius 3 is 2.14 bits per heavy atom.